The Morgan fingerprint density at radius 1 is 1.36 bits per heavy atom. The van der Waals surface area contributed by atoms with E-state index in [9.17, 15) is 0 Å². The Morgan fingerprint density at radius 2 is 2.00 bits per heavy atom. The third-order valence-electron chi connectivity index (χ3n) is 1.52. The van der Waals surface area contributed by atoms with Gasteiger partial charge in [0.1, 0.15) is 5.69 Å². The summed E-state index contributed by atoms with van der Waals surface area (Å²) in [5.41, 5.74) is 2.09. The molecule has 2 nitrogen and oxygen atoms in total. The van der Waals surface area contributed by atoms with Crippen molar-refractivity contribution >= 4 is 12.4 Å². The van der Waals surface area contributed by atoms with E-state index in [0.29, 0.717) is 0 Å². The fourth-order valence-corrected chi connectivity index (χ4v) is 0.865. The third kappa shape index (κ3) is 2.03. The molecule has 0 heterocycles. The molecule has 11 heavy (non-hydrogen) atoms. The summed E-state index contributed by atoms with van der Waals surface area (Å²) >= 11 is 0. The number of rotatable bonds is 2. The van der Waals surface area contributed by atoms with Gasteiger partial charge in [-0.25, -0.2) is 0 Å². The fourth-order valence-electron chi connectivity index (χ4n) is 0.865. The smallest absolute Gasteiger partial charge is 0.145 e. The SMILES string of the molecule is [CH-]=[N+]=Nc1ccc(CC)cc1. The van der Waals surface area contributed by atoms with Crippen LogP contribution in [-0.4, -0.2) is 11.5 Å². The van der Waals surface area contributed by atoms with Gasteiger partial charge in [0, 0.05) is 0 Å². The standard InChI is InChI=1S/C9H10N2/c1-3-8-4-6-9(7-5-8)11-10-2/h2,4-7H,3H2,1H3. The number of nitrogens with zero attached hydrogens (tertiary/aromatic N) is 2. The van der Waals surface area contributed by atoms with Crippen LogP contribution < -0.4 is 0 Å². The van der Waals surface area contributed by atoms with Gasteiger partial charge >= 0.3 is 0 Å². The maximum absolute atomic E-state index is 4.89. The molecule has 0 aliphatic carbocycles. The van der Waals surface area contributed by atoms with Crippen molar-refractivity contribution in [3.8, 4) is 0 Å². The summed E-state index contributed by atoms with van der Waals surface area (Å²) in [5, 5.41) is 3.68. The molecule has 0 radical (unpaired) electrons. The van der Waals surface area contributed by atoms with Gasteiger partial charge < -0.3 is 0 Å². The van der Waals surface area contributed by atoms with E-state index in [2.05, 4.69) is 16.8 Å². The Balaban J connectivity index is 2.91. The van der Waals surface area contributed by atoms with Crippen molar-refractivity contribution in [3.63, 3.8) is 0 Å². The van der Waals surface area contributed by atoms with Gasteiger partial charge in [0.05, 0.1) is 5.11 Å². The second kappa shape index (κ2) is 3.69. The van der Waals surface area contributed by atoms with E-state index in [1.807, 2.05) is 24.3 Å². The van der Waals surface area contributed by atoms with Crippen LogP contribution in [0.15, 0.2) is 29.4 Å². The molecule has 0 N–H and O–H groups in total. The van der Waals surface area contributed by atoms with Crippen LogP contribution in [-0.2, 0) is 6.42 Å². The molecular weight excluding hydrogens is 136 g/mol. The van der Waals surface area contributed by atoms with Crippen molar-refractivity contribution in [2.45, 2.75) is 13.3 Å². The topological polar surface area (TPSA) is 26.5 Å². The first-order valence-electron chi connectivity index (χ1n) is 3.56. The highest BCUT2D eigenvalue weighted by Gasteiger charge is 1.91. The van der Waals surface area contributed by atoms with Crippen LogP contribution in [0.4, 0.5) is 5.69 Å². The van der Waals surface area contributed by atoms with Crippen LogP contribution in [0.2, 0.25) is 0 Å². The van der Waals surface area contributed by atoms with Gasteiger partial charge in [-0.3, -0.25) is 0 Å². The zero-order valence-electron chi connectivity index (χ0n) is 6.49. The lowest BCUT2D eigenvalue weighted by Crippen LogP contribution is -1.75. The molecule has 0 saturated heterocycles. The predicted octanol–water partition coefficient (Wildman–Crippen LogP) is 2.12. The Labute approximate surface area is 66.3 Å². The highest BCUT2D eigenvalue weighted by atomic mass is 15.0. The molecule has 0 saturated carbocycles. The second-order valence-electron chi connectivity index (χ2n) is 2.24. The molecule has 0 aliphatic heterocycles. The summed E-state index contributed by atoms with van der Waals surface area (Å²) < 4.78 is 0. The summed E-state index contributed by atoms with van der Waals surface area (Å²) in [4.78, 5) is 3.19. The van der Waals surface area contributed by atoms with E-state index in [0.717, 1.165) is 12.1 Å². The molecule has 1 rings (SSSR count). The minimum atomic E-state index is 0.796. The first-order chi connectivity index (χ1) is 5.36. The van der Waals surface area contributed by atoms with Crippen molar-refractivity contribution in [2.24, 2.45) is 5.11 Å². The number of aryl methyl sites for hydroxylation is 1. The molecule has 56 valence electrons. The highest BCUT2D eigenvalue weighted by Crippen LogP contribution is 2.11. The summed E-state index contributed by atoms with van der Waals surface area (Å²) in [6.07, 6.45) is 1.04. The molecule has 1 aromatic rings. The molecular formula is C9H10N2. The zero-order chi connectivity index (χ0) is 8.10. The Hall–Kier alpha value is -1.40. The van der Waals surface area contributed by atoms with Gasteiger partial charge in [0.25, 0.3) is 0 Å². The van der Waals surface area contributed by atoms with Gasteiger partial charge in [-0.2, -0.15) is 4.79 Å². The molecule has 0 atom stereocenters. The third-order valence-corrected chi connectivity index (χ3v) is 1.52. The Kier molecular flexibility index (Phi) is 2.59. The lowest BCUT2D eigenvalue weighted by Gasteiger charge is -1.92. The van der Waals surface area contributed by atoms with Crippen molar-refractivity contribution in [1.82, 2.24) is 0 Å². The molecule has 0 spiro atoms. The van der Waals surface area contributed by atoms with E-state index in [-0.39, 0.29) is 0 Å². The second-order valence-corrected chi connectivity index (χ2v) is 2.24. The lowest BCUT2D eigenvalue weighted by molar-refractivity contribution is -0.0631. The van der Waals surface area contributed by atoms with Crippen molar-refractivity contribution in [3.05, 3.63) is 29.8 Å². The number of hydrogen-bond acceptors (Lipinski definition) is 1. The van der Waals surface area contributed by atoms with Gasteiger partial charge in [0.2, 0.25) is 0 Å². The maximum atomic E-state index is 4.89. The van der Waals surface area contributed by atoms with Crippen molar-refractivity contribution < 1.29 is 4.79 Å². The minimum Gasteiger partial charge on any atom is -0.161 e. The molecule has 0 aromatic heterocycles. The van der Waals surface area contributed by atoms with Gasteiger partial charge in [-0.05, 0) is 30.8 Å². The average molecular weight is 146 g/mol. The molecule has 0 amide bonds. The lowest BCUT2D eigenvalue weighted by atomic mass is 10.2. The van der Waals surface area contributed by atoms with Crippen LogP contribution in [0.1, 0.15) is 12.5 Å². The first kappa shape index (κ1) is 7.70. The Morgan fingerprint density at radius 3 is 2.45 bits per heavy atom. The van der Waals surface area contributed by atoms with Crippen molar-refractivity contribution in [2.75, 3.05) is 0 Å². The number of hydrogen-bond donors (Lipinski definition) is 0. The molecule has 0 unspecified atom stereocenters. The normalized spacial score (nSPS) is 8.82. The predicted molar refractivity (Wildman–Crippen MR) is 44.2 cm³/mol. The maximum Gasteiger partial charge on any atom is 0.145 e. The molecule has 0 bridgehead atoms. The van der Waals surface area contributed by atoms with Crippen LogP contribution in [0.5, 0.6) is 0 Å². The zero-order valence-corrected chi connectivity index (χ0v) is 6.49. The fraction of sp³-hybridized carbons (Fsp3) is 0.222. The van der Waals surface area contributed by atoms with E-state index in [1.54, 1.807) is 0 Å². The van der Waals surface area contributed by atoms with Crippen LogP contribution in [0.3, 0.4) is 0 Å². The minimum absolute atomic E-state index is 0.796. The van der Waals surface area contributed by atoms with E-state index >= 15 is 0 Å². The molecule has 2 heteroatoms. The highest BCUT2D eigenvalue weighted by molar-refractivity contribution is 5.37. The van der Waals surface area contributed by atoms with E-state index < -0.39 is 0 Å². The van der Waals surface area contributed by atoms with Crippen LogP contribution in [0.25, 0.3) is 0 Å². The van der Waals surface area contributed by atoms with Crippen molar-refractivity contribution in [1.29, 1.82) is 0 Å². The summed E-state index contributed by atoms with van der Waals surface area (Å²) in [7, 11) is 0. The Bertz CT molecular complexity index is 268. The monoisotopic (exact) mass is 146 g/mol. The average Bonchev–Trinajstić information content (AvgIpc) is 2.07. The summed E-state index contributed by atoms with van der Waals surface area (Å²) in [6.45, 7) is 7.00. The van der Waals surface area contributed by atoms with Crippen LogP contribution >= 0.6 is 0 Å². The molecule has 0 fully saturated rings. The summed E-state index contributed by atoms with van der Waals surface area (Å²) in [5.74, 6) is 0. The largest absolute Gasteiger partial charge is 0.161 e. The molecule has 0 aliphatic rings. The quantitative estimate of drug-likeness (QED) is 0.264. The first-order valence-corrected chi connectivity index (χ1v) is 3.56. The van der Waals surface area contributed by atoms with Gasteiger partial charge in [0.15, 0.2) is 0 Å². The van der Waals surface area contributed by atoms with Gasteiger partial charge in [-0.15, -0.1) is 0 Å². The van der Waals surface area contributed by atoms with Crippen LogP contribution in [0, 0.1) is 0 Å². The van der Waals surface area contributed by atoms with Gasteiger partial charge in [-0.1, -0.05) is 19.1 Å². The molecule has 1 aromatic carbocycles. The number of benzene rings is 1. The van der Waals surface area contributed by atoms with E-state index in [4.69, 9.17) is 6.72 Å². The summed E-state index contributed by atoms with van der Waals surface area (Å²) in [6, 6.07) is 7.83. The van der Waals surface area contributed by atoms with E-state index in [1.165, 1.54) is 5.56 Å².